The van der Waals surface area contributed by atoms with Crippen LogP contribution >= 0.6 is 0 Å². The van der Waals surface area contributed by atoms with Crippen LogP contribution in [0.25, 0.3) is 0 Å². The normalized spacial score (nSPS) is 26.2. The molecule has 2 aliphatic heterocycles. The molecule has 0 radical (unpaired) electrons. The van der Waals surface area contributed by atoms with Gasteiger partial charge in [0.25, 0.3) is 0 Å². The molecule has 24 heavy (non-hydrogen) atoms. The molecule has 0 aromatic heterocycles. The molecule has 1 aromatic rings. The molecule has 0 bridgehead atoms. The first-order chi connectivity index (χ1) is 11.8. The lowest BCUT2D eigenvalue weighted by Gasteiger charge is -2.38. The van der Waals surface area contributed by atoms with Crippen LogP contribution in [-0.4, -0.2) is 49.7 Å². The summed E-state index contributed by atoms with van der Waals surface area (Å²) in [5.41, 5.74) is 1.45. The lowest BCUT2D eigenvalue weighted by molar-refractivity contribution is -0.124. The third-order valence-corrected chi connectivity index (χ3v) is 5.52. The maximum Gasteiger partial charge on any atom is 0.234 e. The summed E-state index contributed by atoms with van der Waals surface area (Å²) in [6, 6.07) is 11.2. The van der Waals surface area contributed by atoms with Crippen LogP contribution < -0.4 is 5.32 Å². The molecule has 0 spiro atoms. The van der Waals surface area contributed by atoms with Gasteiger partial charge >= 0.3 is 0 Å². The Morgan fingerprint density at radius 2 is 1.96 bits per heavy atom. The minimum atomic E-state index is 0.176. The van der Waals surface area contributed by atoms with Crippen molar-refractivity contribution in [3.8, 4) is 0 Å². The summed E-state index contributed by atoms with van der Waals surface area (Å²) < 4.78 is 5.35. The van der Waals surface area contributed by atoms with Crippen molar-refractivity contribution in [2.75, 3.05) is 32.8 Å². The molecule has 1 aromatic carbocycles. The molecule has 0 aliphatic carbocycles. The summed E-state index contributed by atoms with van der Waals surface area (Å²) in [7, 11) is 0. The van der Waals surface area contributed by atoms with Gasteiger partial charge in [0.2, 0.25) is 5.91 Å². The second-order valence-electron chi connectivity index (χ2n) is 7.16. The van der Waals surface area contributed by atoms with E-state index in [2.05, 4.69) is 47.5 Å². The fourth-order valence-corrected chi connectivity index (χ4v) is 4.12. The summed E-state index contributed by atoms with van der Waals surface area (Å²) in [6.45, 7) is 6.38. The Morgan fingerprint density at radius 1 is 1.21 bits per heavy atom. The lowest BCUT2D eigenvalue weighted by atomic mass is 9.79. The van der Waals surface area contributed by atoms with Crippen LogP contribution in [0.4, 0.5) is 0 Å². The van der Waals surface area contributed by atoms with Gasteiger partial charge in [-0.05, 0) is 43.2 Å². The van der Waals surface area contributed by atoms with Gasteiger partial charge in [-0.25, -0.2) is 0 Å². The molecule has 4 nitrogen and oxygen atoms in total. The zero-order valence-corrected chi connectivity index (χ0v) is 14.7. The number of benzene rings is 1. The van der Waals surface area contributed by atoms with Gasteiger partial charge in [-0.1, -0.05) is 43.7 Å². The number of carbonyl (C=O) groups excluding carboxylic acids is 1. The van der Waals surface area contributed by atoms with Gasteiger partial charge in [-0.15, -0.1) is 0 Å². The third kappa shape index (κ3) is 4.58. The van der Waals surface area contributed by atoms with Gasteiger partial charge in [0.15, 0.2) is 0 Å². The monoisotopic (exact) mass is 330 g/mol. The van der Waals surface area contributed by atoms with Crippen molar-refractivity contribution < 1.29 is 9.53 Å². The van der Waals surface area contributed by atoms with Gasteiger partial charge in [-0.2, -0.15) is 0 Å². The van der Waals surface area contributed by atoms with Gasteiger partial charge in [0, 0.05) is 25.8 Å². The Kier molecular flexibility index (Phi) is 6.27. The fourth-order valence-electron chi connectivity index (χ4n) is 4.12. The van der Waals surface area contributed by atoms with E-state index in [1.165, 1.54) is 5.56 Å². The summed E-state index contributed by atoms with van der Waals surface area (Å²) in [6.07, 6.45) is 4.20. The van der Waals surface area contributed by atoms with Crippen molar-refractivity contribution in [2.45, 2.75) is 44.6 Å². The number of nitrogens with one attached hydrogen (secondary N) is 1. The van der Waals surface area contributed by atoms with E-state index in [0.717, 1.165) is 52.0 Å². The predicted molar refractivity (Wildman–Crippen MR) is 96.0 cm³/mol. The maximum atomic E-state index is 12.3. The van der Waals surface area contributed by atoms with E-state index in [9.17, 15) is 4.79 Å². The van der Waals surface area contributed by atoms with E-state index in [1.807, 2.05) is 0 Å². The Bertz CT molecular complexity index is 514. The zero-order valence-electron chi connectivity index (χ0n) is 14.7. The zero-order chi connectivity index (χ0) is 16.8. The first-order valence-corrected chi connectivity index (χ1v) is 9.40. The second kappa shape index (κ2) is 8.63. The van der Waals surface area contributed by atoms with Crippen LogP contribution in [0, 0.1) is 5.92 Å². The van der Waals surface area contributed by atoms with Gasteiger partial charge in [0.1, 0.15) is 0 Å². The topological polar surface area (TPSA) is 41.6 Å². The number of carbonyl (C=O) groups is 1. The predicted octanol–water partition coefficient (Wildman–Crippen LogP) is 2.80. The Labute approximate surface area is 145 Å². The van der Waals surface area contributed by atoms with E-state index in [0.29, 0.717) is 24.4 Å². The summed E-state index contributed by atoms with van der Waals surface area (Å²) in [5, 5.41) is 3.18. The number of rotatable bonds is 5. The van der Waals surface area contributed by atoms with E-state index < -0.39 is 0 Å². The van der Waals surface area contributed by atoms with E-state index >= 15 is 0 Å². The molecule has 2 saturated heterocycles. The summed E-state index contributed by atoms with van der Waals surface area (Å²) >= 11 is 0. The molecular formula is C20H30N2O2. The van der Waals surface area contributed by atoms with Crippen LogP contribution in [0.15, 0.2) is 30.3 Å². The number of likely N-dealkylation sites (tertiary alicyclic amines) is 1. The molecule has 3 rings (SSSR count). The van der Waals surface area contributed by atoms with Crippen molar-refractivity contribution in [3.05, 3.63) is 35.9 Å². The van der Waals surface area contributed by atoms with Gasteiger partial charge in [0.05, 0.1) is 6.54 Å². The van der Waals surface area contributed by atoms with Crippen molar-refractivity contribution in [2.24, 2.45) is 5.92 Å². The Hall–Kier alpha value is -1.39. The molecule has 0 unspecified atom stereocenters. The number of hydrogen-bond donors (Lipinski definition) is 1. The molecule has 2 aliphatic rings. The summed E-state index contributed by atoms with van der Waals surface area (Å²) in [5.74, 6) is 1.44. The molecule has 1 N–H and O–H groups in total. The number of ether oxygens (including phenoxy) is 1. The first-order valence-electron chi connectivity index (χ1n) is 9.40. The van der Waals surface area contributed by atoms with Crippen LogP contribution in [0.5, 0.6) is 0 Å². The number of nitrogens with zero attached hydrogens (tertiary/aromatic N) is 1. The largest absolute Gasteiger partial charge is 0.381 e. The van der Waals surface area contributed by atoms with Crippen molar-refractivity contribution in [1.29, 1.82) is 0 Å². The quantitative estimate of drug-likeness (QED) is 0.903. The van der Waals surface area contributed by atoms with Gasteiger partial charge in [-0.3, -0.25) is 9.69 Å². The van der Waals surface area contributed by atoms with E-state index in [4.69, 9.17) is 4.74 Å². The highest BCUT2D eigenvalue weighted by atomic mass is 16.5. The highest BCUT2D eigenvalue weighted by molar-refractivity contribution is 5.78. The standard InChI is InChI=1S/C20H30N2O2/c1-2-16-14-22(11-8-19(16)17-6-4-3-5-7-17)15-20(23)21-18-9-12-24-13-10-18/h3-7,16,18-19H,2,8-15H2,1H3,(H,21,23)/t16-,19-/m0/s1. The number of piperidine rings is 1. The average Bonchev–Trinajstić information content (AvgIpc) is 2.63. The van der Waals surface area contributed by atoms with Crippen molar-refractivity contribution in [3.63, 3.8) is 0 Å². The average molecular weight is 330 g/mol. The molecule has 0 saturated carbocycles. The van der Waals surface area contributed by atoms with Crippen LogP contribution in [0.2, 0.25) is 0 Å². The van der Waals surface area contributed by atoms with Crippen LogP contribution in [0.3, 0.4) is 0 Å². The van der Waals surface area contributed by atoms with Crippen molar-refractivity contribution >= 4 is 5.91 Å². The van der Waals surface area contributed by atoms with Gasteiger partial charge < -0.3 is 10.1 Å². The molecule has 4 heteroatoms. The maximum absolute atomic E-state index is 12.3. The summed E-state index contributed by atoms with van der Waals surface area (Å²) in [4.78, 5) is 14.7. The molecule has 2 fully saturated rings. The Morgan fingerprint density at radius 3 is 2.67 bits per heavy atom. The number of hydrogen-bond acceptors (Lipinski definition) is 3. The fraction of sp³-hybridized carbons (Fsp3) is 0.650. The minimum Gasteiger partial charge on any atom is -0.381 e. The lowest BCUT2D eigenvalue weighted by Crippen LogP contribution is -2.47. The number of amides is 1. The molecule has 2 heterocycles. The van der Waals surface area contributed by atoms with E-state index in [1.54, 1.807) is 0 Å². The van der Waals surface area contributed by atoms with Crippen LogP contribution in [0.1, 0.15) is 44.1 Å². The second-order valence-corrected chi connectivity index (χ2v) is 7.16. The highest BCUT2D eigenvalue weighted by Gasteiger charge is 2.30. The third-order valence-electron chi connectivity index (χ3n) is 5.52. The van der Waals surface area contributed by atoms with E-state index in [-0.39, 0.29) is 5.91 Å². The van der Waals surface area contributed by atoms with Crippen LogP contribution in [-0.2, 0) is 9.53 Å². The molecule has 2 atom stereocenters. The SMILES string of the molecule is CC[C@H]1CN(CC(=O)NC2CCOCC2)CC[C@@H]1c1ccccc1. The minimum absolute atomic E-state index is 0.176. The van der Waals surface area contributed by atoms with Crippen molar-refractivity contribution in [1.82, 2.24) is 10.2 Å². The molecule has 132 valence electrons. The Balaban J connectivity index is 1.51. The smallest absolute Gasteiger partial charge is 0.234 e. The highest BCUT2D eigenvalue weighted by Crippen LogP contribution is 2.34. The molecule has 1 amide bonds. The first kappa shape index (κ1) is 17.4. The molecular weight excluding hydrogens is 300 g/mol.